The Balaban J connectivity index is 0. The first-order chi connectivity index (χ1) is 4.89. The molecule has 0 aliphatic rings. The molecule has 0 aromatic carbocycles. The lowest BCUT2D eigenvalue weighted by Gasteiger charge is -1.63. The molecule has 0 bridgehead atoms. The molecule has 0 atom stereocenters. The average Bonchev–Trinajstić information content (AvgIpc) is 2.48. The normalized spacial score (nSPS) is 6.50. The molecule has 3 heteroatoms. The molecule has 0 spiro atoms. The highest BCUT2D eigenvalue weighted by atomic mass is 32.1. The van der Waals surface area contributed by atoms with Crippen molar-refractivity contribution in [1.82, 2.24) is 9.36 Å². The number of hydrogen-bond donors (Lipinski definition) is 0. The Morgan fingerprint density at radius 2 is 1.70 bits per heavy atom. The number of rotatable bonds is 0. The molecular weight excluding hydrogens is 144 g/mol. The van der Waals surface area contributed by atoms with Gasteiger partial charge in [-0.1, -0.05) is 27.7 Å². The van der Waals surface area contributed by atoms with Crippen molar-refractivity contribution in [2.45, 2.75) is 34.6 Å². The van der Waals surface area contributed by atoms with Crippen molar-refractivity contribution in [3.63, 3.8) is 0 Å². The first-order valence-corrected chi connectivity index (χ1v) is 4.46. The summed E-state index contributed by atoms with van der Waals surface area (Å²) in [6.07, 6.45) is 0. The number of aromatic nitrogens is 2. The van der Waals surface area contributed by atoms with E-state index in [2.05, 4.69) is 9.36 Å². The van der Waals surface area contributed by atoms with E-state index in [4.69, 9.17) is 0 Å². The highest BCUT2D eigenvalue weighted by Crippen LogP contribution is 1.87. The molecule has 0 saturated heterocycles. The summed E-state index contributed by atoms with van der Waals surface area (Å²) in [5.74, 6) is 0.861. The van der Waals surface area contributed by atoms with Crippen LogP contribution in [0.1, 0.15) is 33.5 Å². The predicted octanol–water partition coefficient (Wildman–Crippen LogP) is 2.90. The zero-order chi connectivity index (χ0) is 8.41. The van der Waals surface area contributed by atoms with E-state index in [1.54, 1.807) is 5.51 Å². The Kier molecular flexibility index (Phi) is 13.9. The largest absolute Gasteiger partial charge is 0.228 e. The molecular formula is C7H16N2S. The molecule has 1 aromatic heterocycles. The molecule has 60 valence electrons. The van der Waals surface area contributed by atoms with Gasteiger partial charge in [-0.3, -0.25) is 0 Å². The van der Waals surface area contributed by atoms with Crippen LogP contribution in [0, 0.1) is 6.92 Å². The Morgan fingerprint density at radius 1 is 1.20 bits per heavy atom. The quantitative estimate of drug-likeness (QED) is 0.583. The third kappa shape index (κ3) is 7.56. The van der Waals surface area contributed by atoms with Crippen molar-refractivity contribution in [3.05, 3.63) is 11.3 Å². The molecule has 0 aliphatic heterocycles. The van der Waals surface area contributed by atoms with Gasteiger partial charge >= 0.3 is 0 Å². The molecule has 10 heavy (non-hydrogen) atoms. The lowest BCUT2D eigenvalue weighted by atomic mass is 10.8. The zero-order valence-electron chi connectivity index (χ0n) is 7.38. The van der Waals surface area contributed by atoms with Gasteiger partial charge in [0.15, 0.2) is 0 Å². The second-order valence-electron chi connectivity index (χ2n) is 0.978. The third-order valence-electron chi connectivity index (χ3n) is 0.471. The van der Waals surface area contributed by atoms with Gasteiger partial charge in [-0.05, 0) is 18.5 Å². The van der Waals surface area contributed by atoms with E-state index >= 15 is 0 Å². The van der Waals surface area contributed by atoms with E-state index < -0.39 is 0 Å². The van der Waals surface area contributed by atoms with Gasteiger partial charge in [0.2, 0.25) is 0 Å². The van der Waals surface area contributed by atoms with Gasteiger partial charge < -0.3 is 0 Å². The number of aryl methyl sites for hydroxylation is 1. The first kappa shape index (κ1) is 12.3. The smallest absolute Gasteiger partial charge is 0.139 e. The van der Waals surface area contributed by atoms with E-state index in [9.17, 15) is 0 Å². The first-order valence-electron chi connectivity index (χ1n) is 3.62. The van der Waals surface area contributed by atoms with Gasteiger partial charge in [0.1, 0.15) is 11.3 Å². The van der Waals surface area contributed by atoms with Gasteiger partial charge in [-0.2, -0.15) is 4.37 Å². The predicted molar refractivity (Wildman–Crippen MR) is 47.3 cm³/mol. The van der Waals surface area contributed by atoms with Crippen molar-refractivity contribution in [3.8, 4) is 0 Å². The minimum atomic E-state index is 0.861. The topological polar surface area (TPSA) is 25.8 Å². The monoisotopic (exact) mass is 160 g/mol. The molecule has 0 N–H and O–H groups in total. The average molecular weight is 160 g/mol. The van der Waals surface area contributed by atoms with Gasteiger partial charge in [0.05, 0.1) is 0 Å². The summed E-state index contributed by atoms with van der Waals surface area (Å²) in [4.78, 5) is 3.82. The van der Waals surface area contributed by atoms with Crippen LogP contribution in [0.2, 0.25) is 0 Å². The number of nitrogens with zero attached hydrogens (tertiary/aromatic N) is 2. The van der Waals surface area contributed by atoms with Crippen molar-refractivity contribution in [1.29, 1.82) is 0 Å². The van der Waals surface area contributed by atoms with Crippen molar-refractivity contribution < 1.29 is 0 Å². The van der Waals surface area contributed by atoms with Crippen LogP contribution in [0.3, 0.4) is 0 Å². The molecule has 0 radical (unpaired) electrons. The van der Waals surface area contributed by atoms with E-state index in [1.165, 1.54) is 11.5 Å². The zero-order valence-corrected chi connectivity index (χ0v) is 8.20. The van der Waals surface area contributed by atoms with Crippen LogP contribution in [0.5, 0.6) is 0 Å². The van der Waals surface area contributed by atoms with Crippen molar-refractivity contribution in [2.75, 3.05) is 0 Å². The summed E-state index contributed by atoms with van der Waals surface area (Å²) < 4.78 is 3.85. The van der Waals surface area contributed by atoms with Crippen LogP contribution in [-0.2, 0) is 0 Å². The Labute approximate surface area is 67.5 Å². The summed E-state index contributed by atoms with van der Waals surface area (Å²) in [5.41, 5.74) is 1.72. The minimum Gasteiger partial charge on any atom is -0.228 e. The Morgan fingerprint density at radius 3 is 1.80 bits per heavy atom. The molecule has 0 aliphatic carbocycles. The van der Waals surface area contributed by atoms with E-state index in [0.717, 1.165) is 5.82 Å². The maximum Gasteiger partial charge on any atom is 0.139 e. The summed E-state index contributed by atoms with van der Waals surface area (Å²) in [5, 5.41) is 0. The highest BCUT2D eigenvalue weighted by molar-refractivity contribution is 7.03. The fourth-order valence-electron chi connectivity index (χ4n) is 0.223. The molecule has 2 nitrogen and oxygen atoms in total. The SMILES string of the molecule is CC.CC.Cc1ncsn1. The molecule has 1 aromatic rings. The van der Waals surface area contributed by atoms with Gasteiger partial charge in [0.25, 0.3) is 0 Å². The summed E-state index contributed by atoms with van der Waals surface area (Å²) in [6.45, 7) is 9.87. The van der Waals surface area contributed by atoms with Crippen LogP contribution in [-0.4, -0.2) is 9.36 Å². The summed E-state index contributed by atoms with van der Waals surface area (Å²) in [7, 11) is 0. The Hall–Kier alpha value is -0.440. The van der Waals surface area contributed by atoms with Crippen LogP contribution in [0.15, 0.2) is 5.51 Å². The van der Waals surface area contributed by atoms with Crippen LogP contribution in [0.25, 0.3) is 0 Å². The van der Waals surface area contributed by atoms with E-state index in [0.29, 0.717) is 0 Å². The highest BCUT2D eigenvalue weighted by Gasteiger charge is 1.77. The van der Waals surface area contributed by atoms with Crippen LogP contribution >= 0.6 is 11.5 Å². The molecule has 0 amide bonds. The van der Waals surface area contributed by atoms with Crippen molar-refractivity contribution in [2.24, 2.45) is 0 Å². The van der Waals surface area contributed by atoms with Crippen molar-refractivity contribution >= 4 is 11.5 Å². The maximum absolute atomic E-state index is 3.85. The van der Waals surface area contributed by atoms with Gasteiger partial charge in [-0.15, -0.1) is 0 Å². The van der Waals surface area contributed by atoms with E-state index in [1.807, 2.05) is 34.6 Å². The molecule has 0 saturated carbocycles. The second-order valence-corrected chi connectivity index (χ2v) is 1.58. The third-order valence-corrected chi connectivity index (χ3v) is 1.04. The fraction of sp³-hybridized carbons (Fsp3) is 0.714. The lowest BCUT2D eigenvalue weighted by Crippen LogP contribution is -1.66. The summed E-state index contributed by atoms with van der Waals surface area (Å²) in [6, 6.07) is 0. The number of hydrogen-bond acceptors (Lipinski definition) is 3. The fourth-order valence-corrected chi connectivity index (χ4v) is 0.670. The Bertz CT molecular complexity index is 115. The second kappa shape index (κ2) is 11.4. The van der Waals surface area contributed by atoms with E-state index in [-0.39, 0.29) is 0 Å². The molecule has 1 heterocycles. The summed E-state index contributed by atoms with van der Waals surface area (Å²) >= 11 is 1.38. The minimum absolute atomic E-state index is 0.861. The van der Waals surface area contributed by atoms with Gasteiger partial charge in [0, 0.05) is 0 Å². The standard InChI is InChI=1S/C3H4N2S.2C2H6/c1-3-4-2-6-5-3;2*1-2/h2H,1H3;2*1-2H3. The van der Waals surface area contributed by atoms with Gasteiger partial charge in [-0.25, -0.2) is 4.98 Å². The van der Waals surface area contributed by atoms with Crippen LogP contribution < -0.4 is 0 Å². The molecule has 0 unspecified atom stereocenters. The molecule has 0 fully saturated rings. The van der Waals surface area contributed by atoms with Crippen LogP contribution in [0.4, 0.5) is 0 Å². The molecule has 1 rings (SSSR count). The maximum atomic E-state index is 3.85. The lowest BCUT2D eigenvalue weighted by molar-refractivity contribution is 1.17.